The van der Waals surface area contributed by atoms with Crippen molar-refractivity contribution in [3.05, 3.63) is 53.1 Å². The largest absolute Gasteiger partial charge is 0.494 e. The number of carboxylic acids is 1. The van der Waals surface area contributed by atoms with Crippen LogP contribution in [0.3, 0.4) is 0 Å². The minimum absolute atomic E-state index is 0.294. The number of rotatable bonds is 5. The van der Waals surface area contributed by atoms with E-state index in [-0.39, 0.29) is 5.82 Å². The molecule has 4 rings (SSSR count). The summed E-state index contributed by atoms with van der Waals surface area (Å²) in [5.74, 6) is -2.76. The molecule has 0 atom stereocenters. The molecule has 0 radical (unpaired) electrons. The van der Waals surface area contributed by atoms with Gasteiger partial charge in [-0.2, -0.15) is 18.3 Å². The van der Waals surface area contributed by atoms with E-state index in [0.717, 1.165) is 61.6 Å². The standard InChI is InChI=1S/C20H24FN5O.C2HF3O2/c1-14-17-9-16(11-22-20(17)24-23-14)13-26-7-5-25(6-8-26)12-15-3-4-19(27-2)18(21)10-15;3-2(4,5)1(6)7/h3-4,9-11H,5-8,12-13H2,1-2H3,(H,22,23,24);(H,6,7). The molecule has 2 aromatic heterocycles. The zero-order chi connectivity index (χ0) is 24.9. The molecular formula is C22H25F4N5O3. The van der Waals surface area contributed by atoms with Gasteiger partial charge in [-0.25, -0.2) is 14.2 Å². The van der Waals surface area contributed by atoms with Gasteiger partial charge in [-0.1, -0.05) is 6.07 Å². The van der Waals surface area contributed by atoms with Gasteiger partial charge in [0.2, 0.25) is 0 Å². The molecule has 3 aromatic rings. The zero-order valence-electron chi connectivity index (χ0n) is 18.7. The van der Waals surface area contributed by atoms with Crippen LogP contribution in [0.2, 0.25) is 0 Å². The number of nitrogens with zero attached hydrogens (tertiary/aromatic N) is 4. The molecule has 34 heavy (non-hydrogen) atoms. The van der Waals surface area contributed by atoms with E-state index in [0.29, 0.717) is 5.75 Å². The van der Waals surface area contributed by atoms with Crippen LogP contribution in [0.15, 0.2) is 30.5 Å². The number of aryl methyl sites for hydroxylation is 1. The van der Waals surface area contributed by atoms with Gasteiger partial charge in [-0.05, 0) is 36.2 Å². The Hall–Kier alpha value is -3.25. The maximum absolute atomic E-state index is 13.9. The molecule has 0 aliphatic carbocycles. The number of aromatic amines is 1. The number of nitrogens with one attached hydrogen (secondary N) is 1. The van der Waals surface area contributed by atoms with Gasteiger partial charge >= 0.3 is 12.1 Å². The molecule has 184 valence electrons. The maximum atomic E-state index is 13.9. The number of ether oxygens (including phenoxy) is 1. The Morgan fingerprint density at radius 3 is 2.24 bits per heavy atom. The highest BCUT2D eigenvalue weighted by Gasteiger charge is 2.38. The Morgan fingerprint density at radius 2 is 1.71 bits per heavy atom. The number of carboxylic acid groups (broad SMARTS) is 1. The summed E-state index contributed by atoms with van der Waals surface area (Å²) < 4.78 is 50.6. The number of carbonyl (C=O) groups is 1. The number of pyridine rings is 1. The molecule has 1 aliphatic heterocycles. The molecule has 1 aromatic carbocycles. The second-order valence-corrected chi connectivity index (χ2v) is 7.89. The first-order valence-electron chi connectivity index (χ1n) is 10.4. The van der Waals surface area contributed by atoms with E-state index in [9.17, 15) is 17.6 Å². The predicted molar refractivity (Wildman–Crippen MR) is 116 cm³/mol. The van der Waals surface area contributed by atoms with Gasteiger partial charge in [0.05, 0.1) is 7.11 Å². The Labute approximate surface area is 193 Å². The molecule has 0 unspecified atom stereocenters. The second-order valence-electron chi connectivity index (χ2n) is 7.89. The summed E-state index contributed by atoms with van der Waals surface area (Å²) in [7, 11) is 1.48. The highest BCUT2D eigenvalue weighted by atomic mass is 19.4. The molecular weight excluding hydrogens is 458 g/mol. The van der Waals surface area contributed by atoms with Crippen molar-refractivity contribution in [1.29, 1.82) is 0 Å². The van der Waals surface area contributed by atoms with Crippen LogP contribution < -0.4 is 4.74 Å². The summed E-state index contributed by atoms with van der Waals surface area (Å²) >= 11 is 0. The van der Waals surface area contributed by atoms with Crippen LogP contribution in [-0.2, 0) is 17.9 Å². The average molecular weight is 483 g/mol. The number of benzene rings is 1. The van der Waals surface area contributed by atoms with Crippen molar-refractivity contribution >= 4 is 17.0 Å². The quantitative estimate of drug-likeness (QED) is 0.538. The molecule has 0 bridgehead atoms. The first kappa shape index (κ1) is 25.4. The molecule has 3 heterocycles. The van der Waals surface area contributed by atoms with E-state index in [1.807, 2.05) is 19.2 Å². The molecule has 2 N–H and O–H groups in total. The molecule has 8 nitrogen and oxygen atoms in total. The summed E-state index contributed by atoms with van der Waals surface area (Å²) in [5, 5.41) is 15.4. The molecule has 0 amide bonds. The van der Waals surface area contributed by atoms with Crippen LogP contribution >= 0.6 is 0 Å². The van der Waals surface area contributed by atoms with Crippen LogP contribution in [0.25, 0.3) is 11.0 Å². The summed E-state index contributed by atoms with van der Waals surface area (Å²) in [6.07, 6.45) is -3.17. The van der Waals surface area contributed by atoms with Crippen LogP contribution in [0.1, 0.15) is 16.8 Å². The topological polar surface area (TPSA) is 94.6 Å². The van der Waals surface area contributed by atoms with Crippen molar-refractivity contribution in [2.75, 3.05) is 33.3 Å². The zero-order valence-corrected chi connectivity index (χ0v) is 18.7. The fourth-order valence-corrected chi connectivity index (χ4v) is 3.58. The van der Waals surface area contributed by atoms with E-state index in [4.69, 9.17) is 14.6 Å². The van der Waals surface area contributed by atoms with Gasteiger partial charge in [-0.3, -0.25) is 14.9 Å². The number of fused-ring (bicyclic) bond motifs is 1. The second kappa shape index (κ2) is 10.8. The number of halogens is 4. The van der Waals surface area contributed by atoms with Crippen LogP contribution in [0, 0.1) is 12.7 Å². The molecule has 0 spiro atoms. The molecule has 12 heteroatoms. The number of aliphatic carboxylic acids is 1. The van der Waals surface area contributed by atoms with Crippen LogP contribution in [0.5, 0.6) is 5.75 Å². The maximum Gasteiger partial charge on any atom is 0.490 e. The smallest absolute Gasteiger partial charge is 0.490 e. The monoisotopic (exact) mass is 483 g/mol. The lowest BCUT2D eigenvalue weighted by Crippen LogP contribution is -2.45. The Morgan fingerprint density at radius 1 is 1.12 bits per heavy atom. The van der Waals surface area contributed by atoms with E-state index < -0.39 is 12.1 Å². The number of piperazine rings is 1. The average Bonchev–Trinajstić information content (AvgIpc) is 3.15. The van der Waals surface area contributed by atoms with Gasteiger partial charge in [0.1, 0.15) is 0 Å². The molecule has 0 saturated carbocycles. The summed E-state index contributed by atoms with van der Waals surface area (Å²) in [6, 6.07) is 7.37. The van der Waals surface area contributed by atoms with E-state index in [1.54, 1.807) is 12.1 Å². The van der Waals surface area contributed by atoms with Crippen molar-refractivity contribution in [3.8, 4) is 5.75 Å². The fourth-order valence-electron chi connectivity index (χ4n) is 3.58. The Kier molecular flexibility index (Phi) is 8.05. The van der Waals surface area contributed by atoms with Gasteiger partial charge < -0.3 is 9.84 Å². The van der Waals surface area contributed by atoms with Crippen LogP contribution in [0.4, 0.5) is 17.6 Å². The Balaban J connectivity index is 0.000000406. The van der Waals surface area contributed by atoms with Gasteiger partial charge in [-0.15, -0.1) is 0 Å². The molecule has 1 fully saturated rings. The summed E-state index contributed by atoms with van der Waals surface area (Å²) in [4.78, 5) is 18.1. The van der Waals surface area contributed by atoms with Crippen molar-refractivity contribution in [1.82, 2.24) is 25.0 Å². The van der Waals surface area contributed by atoms with E-state index in [1.165, 1.54) is 12.7 Å². The summed E-state index contributed by atoms with van der Waals surface area (Å²) in [5.41, 5.74) is 4.01. The Bertz CT molecular complexity index is 1130. The van der Waals surface area contributed by atoms with E-state index in [2.05, 4.69) is 31.0 Å². The SMILES string of the molecule is COc1ccc(CN2CCN(Cc3cnc4n[nH]c(C)c4c3)CC2)cc1F.O=C(O)C(F)(F)F. The number of alkyl halides is 3. The number of H-pyrrole nitrogens is 1. The van der Waals surface area contributed by atoms with Crippen molar-refractivity contribution in [2.24, 2.45) is 0 Å². The highest BCUT2D eigenvalue weighted by Crippen LogP contribution is 2.20. The number of aromatic nitrogens is 3. The van der Waals surface area contributed by atoms with Gasteiger partial charge in [0.25, 0.3) is 0 Å². The fraction of sp³-hybridized carbons (Fsp3) is 0.409. The molecule has 1 saturated heterocycles. The van der Waals surface area contributed by atoms with Crippen molar-refractivity contribution in [3.63, 3.8) is 0 Å². The first-order valence-corrected chi connectivity index (χ1v) is 10.4. The minimum Gasteiger partial charge on any atom is -0.494 e. The summed E-state index contributed by atoms with van der Waals surface area (Å²) in [6.45, 7) is 7.57. The lowest BCUT2D eigenvalue weighted by Gasteiger charge is -2.34. The number of hydrogen-bond donors (Lipinski definition) is 2. The van der Waals surface area contributed by atoms with Gasteiger partial charge in [0, 0.05) is 56.5 Å². The highest BCUT2D eigenvalue weighted by molar-refractivity contribution is 5.77. The third-order valence-corrected chi connectivity index (χ3v) is 5.39. The van der Waals surface area contributed by atoms with Crippen molar-refractivity contribution in [2.45, 2.75) is 26.2 Å². The lowest BCUT2D eigenvalue weighted by molar-refractivity contribution is -0.192. The lowest BCUT2D eigenvalue weighted by atomic mass is 10.1. The van der Waals surface area contributed by atoms with Crippen LogP contribution in [-0.4, -0.2) is 75.5 Å². The normalized spacial score (nSPS) is 15.1. The van der Waals surface area contributed by atoms with Crippen molar-refractivity contribution < 1.29 is 32.2 Å². The number of hydrogen-bond acceptors (Lipinski definition) is 6. The number of methoxy groups -OCH3 is 1. The third-order valence-electron chi connectivity index (χ3n) is 5.39. The van der Waals surface area contributed by atoms with Gasteiger partial charge in [0.15, 0.2) is 17.2 Å². The van der Waals surface area contributed by atoms with E-state index >= 15 is 0 Å². The third kappa shape index (κ3) is 6.64. The minimum atomic E-state index is -5.08. The predicted octanol–water partition coefficient (Wildman–Crippen LogP) is 3.37. The molecule has 1 aliphatic rings. The first-order chi connectivity index (χ1) is 16.1.